The summed E-state index contributed by atoms with van der Waals surface area (Å²) in [6.45, 7) is -1.25. The summed E-state index contributed by atoms with van der Waals surface area (Å²) in [5.74, 6) is -0.944. The van der Waals surface area contributed by atoms with Gasteiger partial charge in [-0.05, 0) is 25.8 Å². The van der Waals surface area contributed by atoms with E-state index in [2.05, 4.69) is 9.61 Å². The van der Waals surface area contributed by atoms with Crippen LogP contribution < -0.4 is 5.09 Å². The number of rotatable bonds is 6. The lowest BCUT2D eigenvalue weighted by Gasteiger charge is -2.24. The Bertz CT molecular complexity index is 207. The molecule has 3 nitrogen and oxygen atoms in total. The monoisotopic (exact) mass is 253 g/mol. The maximum absolute atomic E-state index is 12.6. The number of alkyl halides is 3. The Hall–Kier alpha value is 0.680. The minimum atomic E-state index is -3.45. The third-order valence-electron chi connectivity index (χ3n) is 0.982. The van der Waals surface area contributed by atoms with Gasteiger partial charge in [0.25, 0.3) is 6.64 Å². The highest BCUT2D eigenvalue weighted by Gasteiger charge is 2.36. The summed E-state index contributed by atoms with van der Waals surface area (Å²) in [5, 5.41) is 2.41. The van der Waals surface area contributed by atoms with Gasteiger partial charge in [-0.15, -0.1) is 11.6 Å². The summed E-state index contributed by atoms with van der Waals surface area (Å²) in [5.41, 5.74) is 0. The number of hydrogen-bond acceptors (Lipinski definition) is 3. The molecular formula is C5H11ClF2NO2PS. The van der Waals surface area contributed by atoms with E-state index in [1.54, 1.807) is 6.92 Å². The second kappa shape index (κ2) is 5.53. The van der Waals surface area contributed by atoms with Crippen molar-refractivity contribution < 1.29 is 17.8 Å². The maximum Gasteiger partial charge on any atom is 0.375 e. The molecule has 1 N–H and O–H groups in total. The molecule has 8 heteroatoms. The average Bonchev–Trinajstić information content (AvgIpc) is 2.04. The van der Waals surface area contributed by atoms with Crippen molar-refractivity contribution in [2.75, 3.05) is 19.5 Å². The normalized spacial score (nSPS) is 17.0. The zero-order chi connectivity index (χ0) is 10.5. The summed E-state index contributed by atoms with van der Waals surface area (Å²) in [6.07, 6.45) is -3.45. The van der Waals surface area contributed by atoms with Gasteiger partial charge in [0, 0.05) is 0 Å². The van der Waals surface area contributed by atoms with E-state index in [0.29, 0.717) is 0 Å². The Labute approximate surface area is 86.0 Å². The van der Waals surface area contributed by atoms with E-state index in [1.165, 1.54) is 7.05 Å². The van der Waals surface area contributed by atoms with Crippen LogP contribution in [0.25, 0.3) is 0 Å². The molecule has 0 aliphatic heterocycles. The molecule has 0 aliphatic carbocycles. The van der Waals surface area contributed by atoms with Crippen molar-refractivity contribution >= 4 is 30.1 Å². The molecule has 0 saturated heterocycles. The van der Waals surface area contributed by atoms with Crippen LogP contribution in [0.4, 0.5) is 8.78 Å². The summed E-state index contributed by atoms with van der Waals surface area (Å²) in [6, 6.07) is 0. The number of nitrogens with one attached hydrogen (secondary N) is 1. The molecule has 13 heavy (non-hydrogen) atoms. The van der Waals surface area contributed by atoms with E-state index in [4.69, 9.17) is 27.9 Å². The molecule has 0 aromatic carbocycles. The molecule has 0 radical (unpaired) electrons. The quantitative estimate of drug-likeness (QED) is 0.581. The molecule has 0 spiro atoms. The van der Waals surface area contributed by atoms with Gasteiger partial charge in [0.1, 0.15) is 5.88 Å². The van der Waals surface area contributed by atoms with Crippen molar-refractivity contribution in [1.29, 1.82) is 0 Å². The van der Waals surface area contributed by atoms with Gasteiger partial charge in [-0.2, -0.15) is 8.78 Å². The zero-order valence-corrected chi connectivity index (χ0v) is 9.69. The Morgan fingerprint density at radius 2 is 2.15 bits per heavy atom. The smallest absolute Gasteiger partial charge is 0.318 e. The SMILES string of the molecule is CCOP(=S)(NC)OC(F)(F)CCl. The lowest BCUT2D eigenvalue weighted by atomic mass is 10.8. The molecule has 0 rings (SSSR count). The van der Waals surface area contributed by atoms with E-state index < -0.39 is 18.6 Å². The van der Waals surface area contributed by atoms with E-state index >= 15 is 0 Å². The lowest BCUT2D eigenvalue weighted by Crippen LogP contribution is -2.25. The van der Waals surface area contributed by atoms with E-state index in [9.17, 15) is 8.78 Å². The molecule has 0 aromatic rings. The van der Waals surface area contributed by atoms with Gasteiger partial charge < -0.3 is 4.52 Å². The third kappa shape index (κ3) is 5.20. The van der Waals surface area contributed by atoms with Crippen molar-refractivity contribution in [2.24, 2.45) is 0 Å². The van der Waals surface area contributed by atoms with Crippen LogP contribution in [0.15, 0.2) is 0 Å². The predicted octanol–water partition coefficient (Wildman–Crippen LogP) is 2.32. The third-order valence-corrected chi connectivity index (χ3v) is 4.03. The highest BCUT2D eigenvalue weighted by molar-refractivity contribution is 8.08. The lowest BCUT2D eigenvalue weighted by molar-refractivity contribution is -0.157. The molecule has 0 heterocycles. The molecule has 0 fully saturated rings. The molecular weight excluding hydrogens is 243 g/mol. The summed E-state index contributed by atoms with van der Waals surface area (Å²) in [7, 11) is 1.40. The fourth-order valence-electron chi connectivity index (χ4n) is 0.507. The summed E-state index contributed by atoms with van der Waals surface area (Å²) in [4.78, 5) is 0. The maximum atomic E-state index is 12.6. The Morgan fingerprint density at radius 3 is 2.46 bits per heavy atom. The molecule has 0 aliphatic rings. The first kappa shape index (κ1) is 13.7. The largest absolute Gasteiger partial charge is 0.375 e. The summed E-state index contributed by atoms with van der Waals surface area (Å²) >= 11 is 9.70. The Balaban J connectivity index is 4.35. The predicted molar refractivity (Wildman–Crippen MR) is 51.7 cm³/mol. The molecule has 1 atom stereocenters. The molecule has 0 aromatic heterocycles. The second-order valence-electron chi connectivity index (χ2n) is 2.00. The first-order valence-electron chi connectivity index (χ1n) is 3.47. The number of halogens is 3. The topological polar surface area (TPSA) is 30.5 Å². The minimum absolute atomic E-state index is 0.205. The van der Waals surface area contributed by atoms with Crippen LogP contribution in [0.3, 0.4) is 0 Å². The van der Waals surface area contributed by atoms with Gasteiger partial charge in [0.15, 0.2) is 0 Å². The van der Waals surface area contributed by atoms with Gasteiger partial charge in [0.2, 0.25) is 0 Å². The highest BCUT2D eigenvalue weighted by atomic mass is 35.5. The second-order valence-corrected chi connectivity index (χ2v) is 5.59. The zero-order valence-electron chi connectivity index (χ0n) is 7.22. The van der Waals surface area contributed by atoms with Gasteiger partial charge >= 0.3 is 6.11 Å². The van der Waals surface area contributed by atoms with E-state index in [1.807, 2.05) is 0 Å². The molecule has 1 unspecified atom stereocenters. The minimum Gasteiger partial charge on any atom is -0.318 e. The standard InChI is InChI=1S/C5H11ClF2NO2PS/c1-3-10-12(13,9-2)11-5(7,8)4-6/h3-4H2,1-2H3,(H,9,13). The van der Waals surface area contributed by atoms with Crippen LogP contribution in [-0.2, 0) is 20.9 Å². The highest BCUT2D eigenvalue weighted by Crippen LogP contribution is 2.48. The summed E-state index contributed by atoms with van der Waals surface area (Å²) < 4.78 is 34.5. The first-order chi connectivity index (χ1) is 5.89. The molecule has 80 valence electrons. The van der Waals surface area contributed by atoms with Crippen LogP contribution in [0.5, 0.6) is 0 Å². The van der Waals surface area contributed by atoms with Crippen molar-refractivity contribution in [2.45, 2.75) is 13.0 Å². The van der Waals surface area contributed by atoms with Gasteiger partial charge in [-0.1, -0.05) is 0 Å². The Kier molecular flexibility index (Phi) is 5.82. The van der Waals surface area contributed by atoms with E-state index in [-0.39, 0.29) is 6.61 Å². The van der Waals surface area contributed by atoms with Gasteiger partial charge in [-0.25, -0.2) is 5.09 Å². The van der Waals surface area contributed by atoms with Gasteiger partial charge in [0.05, 0.1) is 6.61 Å². The fourth-order valence-corrected chi connectivity index (χ4v) is 2.31. The average molecular weight is 254 g/mol. The molecule has 0 saturated carbocycles. The van der Waals surface area contributed by atoms with Crippen molar-refractivity contribution in [1.82, 2.24) is 5.09 Å². The van der Waals surface area contributed by atoms with E-state index in [0.717, 1.165) is 0 Å². The van der Waals surface area contributed by atoms with Crippen molar-refractivity contribution in [3.05, 3.63) is 0 Å². The fraction of sp³-hybridized carbons (Fsp3) is 1.00. The van der Waals surface area contributed by atoms with Crippen molar-refractivity contribution in [3.8, 4) is 0 Å². The Morgan fingerprint density at radius 1 is 1.62 bits per heavy atom. The molecule has 0 amide bonds. The van der Waals surface area contributed by atoms with Crippen LogP contribution in [0.1, 0.15) is 6.92 Å². The number of hydrogen-bond donors (Lipinski definition) is 1. The van der Waals surface area contributed by atoms with Gasteiger partial charge in [-0.3, -0.25) is 4.52 Å². The van der Waals surface area contributed by atoms with Crippen LogP contribution >= 0.6 is 18.2 Å². The van der Waals surface area contributed by atoms with Crippen LogP contribution in [0, 0.1) is 0 Å². The van der Waals surface area contributed by atoms with Crippen LogP contribution in [0.2, 0.25) is 0 Å². The molecule has 0 bridgehead atoms. The van der Waals surface area contributed by atoms with Crippen molar-refractivity contribution in [3.63, 3.8) is 0 Å². The van der Waals surface area contributed by atoms with Crippen LogP contribution in [-0.4, -0.2) is 25.6 Å². The first-order valence-corrected chi connectivity index (χ1v) is 6.64.